The first-order chi connectivity index (χ1) is 8.83. The zero-order chi connectivity index (χ0) is 12.1. The predicted molar refractivity (Wildman–Crippen MR) is 78.3 cm³/mol. The lowest BCUT2D eigenvalue weighted by Gasteiger charge is -1.98. The summed E-state index contributed by atoms with van der Waals surface area (Å²) in [6.07, 6.45) is 0. The minimum Gasteiger partial charge on any atom is -0.354 e. The smallest absolute Gasteiger partial charge is 0.0544 e. The van der Waals surface area contributed by atoms with E-state index >= 15 is 0 Å². The number of hydrogen-bond donors (Lipinski definition) is 1. The third kappa shape index (κ3) is 1.28. The van der Waals surface area contributed by atoms with Crippen molar-refractivity contribution in [3.05, 3.63) is 59.6 Å². The maximum Gasteiger partial charge on any atom is 0.0544 e. The molecule has 0 unspecified atom stereocenters. The van der Waals surface area contributed by atoms with Crippen molar-refractivity contribution in [2.45, 2.75) is 0 Å². The summed E-state index contributed by atoms with van der Waals surface area (Å²) in [6.45, 7) is 0. The molecule has 0 saturated heterocycles. The van der Waals surface area contributed by atoms with Crippen LogP contribution in [-0.2, 0) is 0 Å². The van der Waals surface area contributed by atoms with Crippen LogP contribution in [0.3, 0.4) is 0 Å². The van der Waals surface area contributed by atoms with Crippen molar-refractivity contribution in [2.24, 2.45) is 0 Å². The molecule has 0 aliphatic rings. The second kappa shape index (κ2) is 3.50. The van der Waals surface area contributed by atoms with Crippen molar-refractivity contribution in [2.75, 3.05) is 0 Å². The molecule has 18 heavy (non-hydrogen) atoms. The Bertz CT molecular complexity index is 889. The van der Waals surface area contributed by atoms with E-state index in [0.717, 1.165) is 10.5 Å². The molecule has 0 radical (unpaired) electrons. The highest BCUT2D eigenvalue weighted by molar-refractivity contribution is 6.32. The van der Waals surface area contributed by atoms with Crippen LogP contribution in [0.5, 0.6) is 0 Å². The van der Waals surface area contributed by atoms with E-state index in [0.29, 0.717) is 0 Å². The van der Waals surface area contributed by atoms with Crippen molar-refractivity contribution in [3.8, 4) is 0 Å². The Hall–Kier alpha value is -1.99. The van der Waals surface area contributed by atoms with E-state index in [2.05, 4.69) is 41.4 Å². The van der Waals surface area contributed by atoms with Gasteiger partial charge in [0.05, 0.1) is 5.52 Å². The van der Waals surface area contributed by atoms with Gasteiger partial charge in [0.25, 0.3) is 0 Å². The molecule has 0 aliphatic carbocycles. The lowest BCUT2D eigenvalue weighted by atomic mass is 10.1. The SMILES string of the molecule is Clc1ccc2[nH]c3c4ccccc4ccc3c2c1. The standard InChI is InChI=1S/C16H10ClN/c17-11-6-8-15-14(9-11)13-7-5-10-3-1-2-4-12(10)16(13)18-15/h1-9,18H. The Balaban J connectivity index is 2.30. The van der Waals surface area contributed by atoms with E-state index in [1.54, 1.807) is 0 Å². The molecule has 4 rings (SSSR count). The monoisotopic (exact) mass is 251 g/mol. The van der Waals surface area contributed by atoms with Crippen LogP contribution in [-0.4, -0.2) is 4.98 Å². The number of H-pyrrole nitrogens is 1. The molecule has 2 heteroatoms. The van der Waals surface area contributed by atoms with Gasteiger partial charge in [0.15, 0.2) is 0 Å². The van der Waals surface area contributed by atoms with Crippen LogP contribution in [0, 0.1) is 0 Å². The van der Waals surface area contributed by atoms with Gasteiger partial charge < -0.3 is 4.98 Å². The lowest BCUT2D eigenvalue weighted by molar-refractivity contribution is 1.56. The number of halogens is 1. The molecule has 86 valence electrons. The molecule has 0 saturated carbocycles. The Morgan fingerprint density at radius 3 is 2.61 bits per heavy atom. The highest BCUT2D eigenvalue weighted by Gasteiger charge is 2.07. The van der Waals surface area contributed by atoms with Gasteiger partial charge in [-0.25, -0.2) is 0 Å². The maximum atomic E-state index is 6.08. The topological polar surface area (TPSA) is 15.8 Å². The van der Waals surface area contributed by atoms with E-state index in [1.807, 2.05) is 18.2 Å². The Kier molecular flexibility index (Phi) is 1.94. The van der Waals surface area contributed by atoms with Crippen LogP contribution in [0.4, 0.5) is 0 Å². The summed E-state index contributed by atoms with van der Waals surface area (Å²) < 4.78 is 0. The van der Waals surface area contributed by atoms with Gasteiger partial charge in [-0.15, -0.1) is 0 Å². The van der Waals surface area contributed by atoms with Gasteiger partial charge >= 0.3 is 0 Å². The first-order valence-corrected chi connectivity index (χ1v) is 6.29. The van der Waals surface area contributed by atoms with Gasteiger partial charge in [-0.2, -0.15) is 0 Å². The van der Waals surface area contributed by atoms with Crippen molar-refractivity contribution < 1.29 is 0 Å². The van der Waals surface area contributed by atoms with Gasteiger partial charge in [-0.1, -0.05) is 48.0 Å². The number of benzene rings is 3. The van der Waals surface area contributed by atoms with Crippen molar-refractivity contribution in [3.63, 3.8) is 0 Å². The number of hydrogen-bond acceptors (Lipinski definition) is 0. The third-order valence-electron chi connectivity index (χ3n) is 3.46. The molecular weight excluding hydrogens is 242 g/mol. The lowest BCUT2D eigenvalue weighted by Crippen LogP contribution is -1.74. The largest absolute Gasteiger partial charge is 0.354 e. The number of rotatable bonds is 0. The highest BCUT2D eigenvalue weighted by atomic mass is 35.5. The van der Waals surface area contributed by atoms with Crippen molar-refractivity contribution in [1.29, 1.82) is 0 Å². The second-order valence-corrected chi connectivity index (χ2v) is 4.96. The van der Waals surface area contributed by atoms with Gasteiger partial charge in [0.1, 0.15) is 0 Å². The van der Waals surface area contributed by atoms with Crippen LogP contribution >= 0.6 is 11.6 Å². The molecule has 1 heterocycles. The average molecular weight is 252 g/mol. The summed E-state index contributed by atoms with van der Waals surface area (Å²) >= 11 is 6.08. The fourth-order valence-corrected chi connectivity index (χ4v) is 2.79. The molecule has 0 bridgehead atoms. The summed E-state index contributed by atoms with van der Waals surface area (Å²) in [5, 5.41) is 5.69. The normalized spacial score (nSPS) is 11.6. The zero-order valence-electron chi connectivity index (χ0n) is 9.57. The summed E-state index contributed by atoms with van der Waals surface area (Å²) in [7, 11) is 0. The van der Waals surface area contributed by atoms with Gasteiger partial charge in [0.2, 0.25) is 0 Å². The van der Waals surface area contributed by atoms with Crippen LogP contribution in [0.1, 0.15) is 0 Å². The zero-order valence-corrected chi connectivity index (χ0v) is 10.3. The van der Waals surface area contributed by atoms with Crippen LogP contribution in [0.25, 0.3) is 32.6 Å². The first kappa shape index (κ1) is 9.98. The minimum absolute atomic E-state index is 0.775. The Morgan fingerprint density at radius 1 is 0.778 bits per heavy atom. The summed E-state index contributed by atoms with van der Waals surface area (Å²) in [5.41, 5.74) is 2.32. The molecule has 1 aromatic heterocycles. The fourth-order valence-electron chi connectivity index (χ4n) is 2.61. The van der Waals surface area contributed by atoms with Crippen molar-refractivity contribution in [1.82, 2.24) is 4.98 Å². The van der Waals surface area contributed by atoms with E-state index in [4.69, 9.17) is 11.6 Å². The van der Waals surface area contributed by atoms with E-state index in [9.17, 15) is 0 Å². The molecule has 3 aromatic carbocycles. The van der Waals surface area contributed by atoms with Gasteiger partial charge in [-0.3, -0.25) is 0 Å². The highest BCUT2D eigenvalue weighted by Crippen LogP contribution is 2.32. The van der Waals surface area contributed by atoms with Gasteiger partial charge in [0, 0.05) is 26.7 Å². The Labute approximate surface area is 109 Å². The summed E-state index contributed by atoms with van der Waals surface area (Å²) in [5.74, 6) is 0. The summed E-state index contributed by atoms with van der Waals surface area (Å²) in [6, 6.07) is 18.7. The molecule has 0 amide bonds. The molecular formula is C16H10ClN. The Morgan fingerprint density at radius 2 is 1.67 bits per heavy atom. The third-order valence-corrected chi connectivity index (χ3v) is 3.70. The molecule has 0 atom stereocenters. The van der Waals surface area contributed by atoms with Crippen LogP contribution in [0.2, 0.25) is 5.02 Å². The number of aromatic nitrogens is 1. The van der Waals surface area contributed by atoms with Gasteiger partial charge in [-0.05, 0) is 23.6 Å². The van der Waals surface area contributed by atoms with Crippen LogP contribution < -0.4 is 0 Å². The van der Waals surface area contributed by atoms with Crippen molar-refractivity contribution >= 4 is 44.2 Å². The quantitative estimate of drug-likeness (QED) is 0.446. The number of fused-ring (bicyclic) bond motifs is 5. The summed E-state index contributed by atoms with van der Waals surface area (Å²) in [4.78, 5) is 3.49. The number of nitrogens with one attached hydrogen (secondary N) is 1. The molecule has 1 nitrogen and oxygen atoms in total. The fraction of sp³-hybridized carbons (Fsp3) is 0. The molecule has 0 aliphatic heterocycles. The van der Waals surface area contributed by atoms with E-state index < -0.39 is 0 Å². The molecule has 0 fully saturated rings. The van der Waals surface area contributed by atoms with E-state index in [-0.39, 0.29) is 0 Å². The van der Waals surface area contributed by atoms with E-state index in [1.165, 1.54) is 27.1 Å². The molecule has 0 spiro atoms. The average Bonchev–Trinajstić information content (AvgIpc) is 2.77. The molecule has 4 aromatic rings. The maximum absolute atomic E-state index is 6.08. The van der Waals surface area contributed by atoms with Crippen LogP contribution in [0.15, 0.2) is 54.6 Å². The second-order valence-electron chi connectivity index (χ2n) is 4.52. The predicted octanol–water partition coefficient (Wildman–Crippen LogP) is 5.13. The molecule has 1 N–H and O–H groups in total. The number of aromatic amines is 1. The minimum atomic E-state index is 0.775. The first-order valence-electron chi connectivity index (χ1n) is 5.92.